The summed E-state index contributed by atoms with van der Waals surface area (Å²) in [7, 11) is 1.65. The van der Waals surface area contributed by atoms with E-state index in [0.717, 1.165) is 30.0 Å². The molecule has 2 aliphatic rings. The van der Waals surface area contributed by atoms with E-state index in [0.29, 0.717) is 32.8 Å². The van der Waals surface area contributed by atoms with Crippen LogP contribution in [0.5, 0.6) is 5.75 Å². The zero-order valence-corrected chi connectivity index (χ0v) is 18.5. The summed E-state index contributed by atoms with van der Waals surface area (Å²) in [5.74, 6) is 0.475. The maximum atomic E-state index is 13.0. The predicted molar refractivity (Wildman–Crippen MR) is 121 cm³/mol. The van der Waals surface area contributed by atoms with E-state index >= 15 is 0 Å². The second-order valence-electron chi connectivity index (χ2n) is 8.34. The van der Waals surface area contributed by atoms with E-state index in [-0.39, 0.29) is 30.2 Å². The third-order valence-electron chi connectivity index (χ3n) is 6.26. The van der Waals surface area contributed by atoms with Crippen molar-refractivity contribution in [3.8, 4) is 5.75 Å². The van der Waals surface area contributed by atoms with E-state index in [1.165, 1.54) is 0 Å². The van der Waals surface area contributed by atoms with Crippen molar-refractivity contribution in [3.05, 3.63) is 65.7 Å². The third kappa shape index (κ3) is 5.47. The van der Waals surface area contributed by atoms with Gasteiger partial charge in [-0.1, -0.05) is 42.5 Å². The highest BCUT2D eigenvalue weighted by Crippen LogP contribution is 2.25. The molecular weight excluding hydrogens is 406 g/mol. The molecule has 0 aliphatic carbocycles. The Kier molecular flexibility index (Phi) is 7.39. The Labute approximate surface area is 189 Å². The molecule has 2 aromatic rings. The van der Waals surface area contributed by atoms with Crippen LogP contribution in [0.4, 0.5) is 0 Å². The molecule has 2 heterocycles. The first-order chi connectivity index (χ1) is 15.6. The molecule has 2 atom stereocenters. The second kappa shape index (κ2) is 10.6. The summed E-state index contributed by atoms with van der Waals surface area (Å²) in [4.78, 5) is 29.5. The van der Waals surface area contributed by atoms with Crippen LogP contribution in [0.3, 0.4) is 0 Å². The summed E-state index contributed by atoms with van der Waals surface area (Å²) in [6.07, 6.45) is 0.267. The first kappa shape index (κ1) is 22.3. The van der Waals surface area contributed by atoms with Gasteiger partial charge in [-0.15, -0.1) is 0 Å². The molecule has 4 rings (SSSR count). The number of methoxy groups -OCH3 is 1. The van der Waals surface area contributed by atoms with Gasteiger partial charge in [0.25, 0.3) is 0 Å². The number of rotatable bonds is 8. The van der Waals surface area contributed by atoms with Gasteiger partial charge in [-0.05, 0) is 23.3 Å². The van der Waals surface area contributed by atoms with Crippen LogP contribution < -0.4 is 10.1 Å². The fraction of sp³-hybridized carbons (Fsp3) is 0.440. The van der Waals surface area contributed by atoms with Crippen LogP contribution in [0.1, 0.15) is 23.6 Å². The SMILES string of the molecule is COc1ccc([C@@H](CNC(=O)[C@H]2CC(=O)N(Cc3ccccc3)C2)N2CCOCC2)cc1. The first-order valence-corrected chi connectivity index (χ1v) is 11.2. The van der Waals surface area contributed by atoms with Crippen LogP contribution in [0, 0.1) is 5.92 Å². The molecule has 32 heavy (non-hydrogen) atoms. The largest absolute Gasteiger partial charge is 0.497 e. The van der Waals surface area contributed by atoms with Crippen molar-refractivity contribution in [1.82, 2.24) is 15.1 Å². The van der Waals surface area contributed by atoms with Gasteiger partial charge in [-0.2, -0.15) is 0 Å². The molecule has 2 amide bonds. The minimum absolute atomic E-state index is 0.0360. The van der Waals surface area contributed by atoms with Crippen LogP contribution in [-0.4, -0.2) is 68.1 Å². The molecule has 2 aromatic carbocycles. The lowest BCUT2D eigenvalue weighted by Gasteiger charge is -2.35. The van der Waals surface area contributed by atoms with Crippen molar-refractivity contribution >= 4 is 11.8 Å². The predicted octanol–water partition coefficient (Wildman–Crippen LogP) is 2.23. The van der Waals surface area contributed by atoms with Gasteiger partial charge in [-0.25, -0.2) is 0 Å². The lowest BCUT2D eigenvalue weighted by molar-refractivity contribution is -0.129. The van der Waals surface area contributed by atoms with E-state index < -0.39 is 0 Å². The Bertz CT molecular complexity index is 897. The monoisotopic (exact) mass is 437 g/mol. The Morgan fingerprint density at radius 2 is 1.84 bits per heavy atom. The fourth-order valence-electron chi connectivity index (χ4n) is 4.42. The number of morpholine rings is 1. The van der Waals surface area contributed by atoms with Gasteiger partial charge in [0, 0.05) is 39.1 Å². The quantitative estimate of drug-likeness (QED) is 0.686. The average Bonchev–Trinajstić information content (AvgIpc) is 3.21. The summed E-state index contributed by atoms with van der Waals surface area (Å²) < 4.78 is 10.8. The van der Waals surface area contributed by atoms with Crippen LogP contribution in [0.2, 0.25) is 0 Å². The van der Waals surface area contributed by atoms with Crippen molar-refractivity contribution < 1.29 is 19.1 Å². The van der Waals surface area contributed by atoms with E-state index in [1.807, 2.05) is 54.6 Å². The number of amides is 2. The molecule has 0 spiro atoms. The molecule has 0 saturated carbocycles. The zero-order valence-electron chi connectivity index (χ0n) is 18.5. The Morgan fingerprint density at radius 3 is 2.53 bits per heavy atom. The fourth-order valence-corrected chi connectivity index (χ4v) is 4.42. The highest BCUT2D eigenvalue weighted by molar-refractivity contribution is 5.89. The van der Waals surface area contributed by atoms with Crippen LogP contribution >= 0.6 is 0 Å². The lowest BCUT2D eigenvalue weighted by atomic mass is 10.0. The minimum Gasteiger partial charge on any atom is -0.497 e. The molecule has 0 bridgehead atoms. The van der Waals surface area contributed by atoms with Crippen LogP contribution in [0.15, 0.2) is 54.6 Å². The van der Waals surface area contributed by atoms with Crippen molar-refractivity contribution in [3.63, 3.8) is 0 Å². The number of likely N-dealkylation sites (tertiary alicyclic amines) is 1. The number of hydrogen-bond acceptors (Lipinski definition) is 5. The van der Waals surface area contributed by atoms with Gasteiger partial charge in [0.15, 0.2) is 0 Å². The summed E-state index contributed by atoms with van der Waals surface area (Å²) in [5, 5.41) is 3.12. The second-order valence-corrected chi connectivity index (χ2v) is 8.34. The highest BCUT2D eigenvalue weighted by atomic mass is 16.5. The first-order valence-electron chi connectivity index (χ1n) is 11.2. The van der Waals surface area contributed by atoms with E-state index in [4.69, 9.17) is 9.47 Å². The van der Waals surface area contributed by atoms with Crippen molar-refractivity contribution in [2.75, 3.05) is 46.5 Å². The number of ether oxygens (including phenoxy) is 2. The van der Waals surface area contributed by atoms with Crippen LogP contribution in [-0.2, 0) is 20.9 Å². The maximum Gasteiger partial charge on any atom is 0.225 e. The number of carbonyl (C=O) groups is 2. The topological polar surface area (TPSA) is 71.1 Å². The number of benzene rings is 2. The number of hydrogen-bond donors (Lipinski definition) is 1. The number of nitrogens with one attached hydrogen (secondary N) is 1. The summed E-state index contributed by atoms with van der Waals surface area (Å²) in [5.41, 5.74) is 2.20. The Morgan fingerprint density at radius 1 is 1.12 bits per heavy atom. The van der Waals surface area contributed by atoms with Crippen molar-refractivity contribution in [2.45, 2.75) is 19.0 Å². The van der Waals surface area contributed by atoms with Gasteiger partial charge in [-0.3, -0.25) is 14.5 Å². The molecule has 0 aromatic heterocycles. The zero-order chi connectivity index (χ0) is 22.3. The molecule has 7 heteroatoms. The standard InChI is InChI=1S/C25H31N3O4/c1-31-22-9-7-20(8-10-22)23(27-11-13-32-14-12-27)16-26-25(30)21-15-24(29)28(18-21)17-19-5-3-2-4-6-19/h2-10,21,23H,11-18H2,1H3,(H,26,30)/t21-,23+/m0/s1. The molecule has 7 nitrogen and oxygen atoms in total. The highest BCUT2D eigenvalue weighted by Gasteiger charge is 2.34. The van der Waals surface area contributed by atoms with E-state index in [9.17, 15) is 9.59 Å². The Balaban J connectivity index is 1.37. The maximum absolute atomic E-state index is 13.0. The molecule has 2 saturated heterocycles. The molecule has 0 radical (unpaired) electrons. The summed E-state index contributed by atoms with van der Waals surface area (Å²) >= 11 is 0. The molecule has 2 fully saturated rings. The van der Waals surface area contributed by atoms with E-state index in [2.05, 4.69) is 10.2 Å². The molecule has 1 N–H and O–H groups in total. The summed E-state index contributed by atoms with van der Waals surface area (Å²) in [6.45, 7) is 4.52. The number of nitrogens with zero attached hydrogens (tertiary/aromatic N) is 2. The third-order valence-corrected chi connectivity index (χ3v) is 6.26. The smallest absolute Gasteiger partial charge is 0.225 e. The van der Waals surface area contributed by atoms with Gasteiger partial charge >= 0.3 is 0 Å². The number of carbonyl (C=O) groups excluding carboxylic acids is 2. The average molecular weight is 438 g/mol. The molecule has 2 aliphatic heterocycles. The van der Waals surface area contributed by atoms with Crippen molar-refractivity contribution in [1.29, 1.82) is 0 Å². The molecule has 170 valence electrons. The van der Waals surface area contributed by atoms with E-state index in [1.54, 1.807) is 12.0 Å². The van der Waals surface area contributed by atoms with Crippen molar-refractivity contribution in [2.24, 2.45) is 5.92 Å². The van der Waals surface area contributed by atoms with Crippen LogP contribution in [0.25, 0.3) is 0 Å². The lowest BCUT2D eigenvalue weighted by Crippen LogP contribution is -2.45. The van der Waals surface area contributed by atoms with Gasteiger partial charge in [0.2, 0.25) is 11.8 Å². The van der Waals surface area contributed by atoms with Gasteiger partial charge in [0.1, 0.15) is 5.75 Å². The molecular formula is C25H31N3O4. The summed E-state index contributed by atoms with van der Waals surface area (Å²) in [6, 6.07) is 17.9. The Hall–Kier alpha value is -2.90. The normalized spacial score (nSPS) is 20.2. The minimum atomic E-state index is -0.313. The van der Waals surface area contributed by atoms with Gasteiger partial charge in [0.05, 0.1) is 32.3 Å². The van der Waals surface area contributed by atoms with Gasteiger partial charge < -0.3 is 19.7 Å². The molecule has 0 unspecified atom stereocenters.